The van der Waals surface area contributed by atoms with Crippen LogP contribution in [-0.4, -0.2) is 37.7 Å². The van der Waals surface area contributed by atoms with E-state index in [1.807, 2.05) is 0 Å². The van der Waals surface area contributed by atoms with Gasteiger partial charge in [-0.2, -0.15) is 0 Å². The average molecular weight is 282 g/mol. The van der Waals surface area contributed by atoms with Crippen molar-refractivity contribution in [3.05, 3.63) is 0 Å². The van der Waals surface area contributed by atoms with Crippen LogP contribution in [0.15, 0.2) is 0 Å². The highest BCUT2D eigenvalue weighted by atomic mass is 16.5. The van der Waals surface area contributed by atoms with Crippen molar-refractivity contribution in [3.8, 4) is 0 Å². The highest BCUT2D eigenvalue weighted by Crippen LogP contribution is 2.27. The standard InChI is InChI=1S/C16H30N2O2/c1-2-3-13-4-6-14(7-5-13)17-12-16(19)18-15-8-10-20-11-9-15/h13-15,17H,2-12H2,1H3,(H,18,19). The van der Waals surface area contributed by atoms with E-state index in [9.17, 15) is 4.79 Å². The second-order valence-corrected chi connectivity index (χ2v) is 6.34. The second kappa shape index (κ2) is 8.63. The van der Waals surface area contributed by atoms with Gasteiger partial charge in [-0.1, -0.05) is 19.8 Å². The fourth-order valence-electron chi connectivity index (χ4n) is 3.42. The van der Waals surface area contributed by atoms with Crippen molar-refractivity contribution in [2.24, 2.45) is 5.92 Å². The highest BCUT2D eigenvalue weighted by molar-refractivity contribution is 5.78. The van der Waals surface area contributed by atoms with Crippen molar-refractivity contribution in [2.75, 3.05) is 19.8 Å². The SMILES string of the molecule is CCCC1CCC(NCC(=O)NC2CCOCC2)CC1. The molecule has 1 aliphatic heterocycles. The lowest BCUT2D eigenvalue weighted by atomic mass is 9.83. The molecule has 0 radical (unpaired) electrons. The molecule has 1 aliphatic carbocycles. The average Bonchev–Trinajstić information content (AvgIpc) is 2.48. The third kappa shape index (κ3) is 5.41. The molecule has 116 valence electrons. The molecule has 0 bridgehead atoms. The maximum Gasteiger partial charge on any atom is 0.234 e. The van der Waals surface area contributed by atoms with E-state index >= 15 is 0 Å². The minimum Gasteiger partial charge on any atom is -0.381 e. The molecule has 4 nitrogen and oxygen atoms in total. The monoisotopic (exact) mass is 282 g/mol. The lowest BCUT2D eigenvalue weighted by molar-refractivity contribution is -0.121. The minimum atomic E-state index is 0.146. The Morgan fingerprint density at radius 2 is 1.75 bits per heavy atom. The van der Waals surface area contributed by atoms with Crippen LogP contribution >= 0.6 is 0 Å². The van der Waals surface area contributed by atoms with Gasteiger partial charge in [-0.3, -0.25) is 4.79 Å². The highest BCUT2D eigenvalue weighted by Gasteiger charge is 2.21. The number of hydrogen-bond acceptors (Lipinski definition) is 3. The van der Waals surface area contributed by atoms with E-state index in [2.05, 4.69) is 17.6 Å². The van der Waals surface area contributed by atoms with Crippen LogP contribution in [0.25, 0.3) is 0 Å². The number of carbonyl (C=O) groups is 1. The Morgan fingerprint density at radius 3 is 2.40 bits per heavy atom. The summed E-state index contributed by atoms with van der Waals surface area (Å²) in [4.78, 5) is 11.9. The first kappa shape index (κ1) is 15.8. The molecule has 1 saturated carbocycles. The smallest absolute Gasteiger partial charge is 0.234 e. The first-order valence-corrected chi connectivity index (χ1v) is 8.38. The van der Waals surface area contributed by atoms with E-state index in [4.69, 9.17) is 4.74 Å². The van der Waals surface area contributed by atoms with Crippen LogP contribution in [0.3, 0.4) is 0 Å². The Morgan fingerprint density at radius 1 is 1.05 bits per heavy atom. The number of nitrogens with one attached hydrogen (secondary N) is 2. The summed E-state index contributed by atoms with van der Waals surface area (Å²) in [5.41, 5.74) is 0. The zero-order chi connectivity index (χ0) is 14.2. The number of ether oxygens (including phenoxy) is 1. The summed E-state index contributed by atoms with van der Waals surface area (Å²) < 4.78 is 5.30. The molecule has 2 rings (SSSR count). The topological polar surface area (TPSA) is 50.4 Å². The van der Waals surface area contributed by atoms with E-state index in [0.717, 1.165) is 32.0 Å². The molecule has 1 heterocycles. The van der Waals surface area contributed by atoms with Crippen LogP contribution in [0.4, 0.5) is 0 Å². The molecule has 20 heavy (non-hydrogen) atoms. The third-order valence-corrected chi connectivity index (χ3v) is 4.68. The second-order valence-electron chi connectivity index (χ2n) is 6.34. The van der Waals surface area contributed by atoms with Gasteiger partial charge in [-0.15, -0.1) is 0 Å². The summed E-state index contributed by atoms with van der Waals surface area (Å²) in [6.07, 6.45) is 9.69. The van der Waals surface area contributed by atoms with Gasteiger partial charge in [0.15, 0.2) is 0 Å². The zero-order valence-electron chi connectivity index (χ0n) is 12.8. The van der Waals surface area contributed by atoms with Crippen LogP contribution in [0.2, 0.25) is 0 Å². The molecule has 1 saturated heterocycles. The van der Waals surface area contributed by atoms with E-state index in [1.165, 1.54) is 38.5 Å². The predicted molar refractivity (Wildman–Crippen MR) is 80.6 cm³/mol. The predicted octanol–water partition coefficient (Wildman–Crippen LogP) is 2.23. The maximum absolute atomic E-state index is 11.9. The van der Waals surface area contributed by atoms with Crippen molar-refractivity contribution in [3.63, 3.8) is 0 Å². The molecule has 0 unspecified atom stereocenters. The van der Waals surface area contributed by atoms with Gasteiger partial charge in [0.25, 0.3) is 0 Å². The van der Waals surface area contributed by atoms with Crippen molar-refractivity contribution >= 4 is 5.91 Å². The molecule has 2 N–H and O–H groups in total. The Bertz CT molecular complexity index is 282. The molecule has 2 fully saturated rings. The van der Waals surface area contributed by atoms with Gasteiger partial charge >= 0.3 is 0 Å². The number of hydrogen-bond donors (Lipinski definition) is 2. The Balaban J connectivity index is 1.57. The Labute approximate surface area is 123 Å². The summed E-state index contributed by atoms with van der Waals surface area (Å²) in [5.74, 6) is 1.07. The maximum atomic E-state index is 11.9. The Kier molecular flexibility index (Phi) is 6.80. The molecule has 0 spiro atoms. The Hall–Kier alpha value is -0.610. The number of carbonyl (C=O) groups excluding carboxylic acids is 1. The van der Waals surface area contributed by atoms with Crippen LogP contribution in [0.1, 0.15) is 58.3 Å². The lowest BCUT2D eigenvalue weighted by Crippen LogP contribution is -2.45. The van der Waals surface area contributed by atoms with Crippen LogP contribution in [0, 0.1) is 5.92 Å². The summed E-state index contributed by atoms with van der Waals surface area (Å²) in [7, 11) is 0. The summed E-state index contributed by atoms with van der Waals surface area (Å²) in [5, 5.41) is 6.54. The van der Waals surface area contributed by atoms with Gasteiger partial charge < -0.3 is 15.4 Å². The number of rotatable bonds is 6. The van der Waals surface area contributed by atoms with Crippen molar-refractivity contribution in [1.29, 1.82) is 0 Å². The van der Waals surface area contributed by atoms with Gasteiger partial charge in [-0.25, -0.2) is 0 Å². The quantitative estimate of drug-likeness (QED) is 0.785. The minimum absolute atomic E-state index is 0.146. The van der Waals surface area contributed by atoms with Crippen molar-refractivity contribution in [2.45, 2.75) is 70.4 Å². The molecular weight excluding hydrogens is 252 g/mol. The lowest BCUT2D eigenvalue weighted by Gasteiger charge is -2.29. The van der Waals surface area contributed by atoms with Crippen LogP contribution < -0.4 is 10.6 Å². The van der Waals surface area contributed by atoms with Crippen LogP contribution in [-0.2, 0) is 9.53 Å². The first-order chi connectivity index (χ1) is 9.78. The summed E-state index contributed by atoms with van der Waals surface area (Å²) in [6.45, 7) is 4.30. The van der Waals surface area contributed by atoms with Crippen LogP contribution in [0.5, 0.6) is 0 Å². The fourth-order valence-corrected chi connectivity index (χ4v) is 3.42. The largest absolute Gasteiger partial charge is 0.381 e. The summed E-state index contributed by atoms with van der Waals surface area (Å²) >= 11 is 0. The molecule has 4 heteroatoms. The van der Waals surface area contributed by atoms with E-state index in [1.54, 1.807) is 0 Å². The third-order valence-electron chi connectivity index (χ3n) is 4.68. The van der Waals surface area contributed by atoms with Gasteiger partial charge in [-0.05, 0) is 44.4 Å². The van der Waals surface area contributed by atoms with Gasteiger partial charge in [0.2, 0.25) is 5.91 Å². The zero-order valence-corrected chi connectivity index (χ0v) is 12.8. The molecule has 0 atom stereocenters. The molecule has 2 aliphatic rings. The fraction of sp³-hybridized carbons (Fsp3) is 0.938. The summed E-state index contributed by atoms with van der Waals surface area (Å²) in [6, 6.07) is 0.863. The molecule has 1 amide bonds. The van der Waals surface area contributed by atoms with Crippen molar-refractivity contribution in [1.82, 2.24) is 10.6 Å². The van der Waals surface area contributed by atoms with Crippen molar-refractivity contribution < 1.29 is 9.53 Å². The molecule has 0 aromatic carbocycles. The number of amides is 1. The van der Waals surface area contributed by atoms with Gasteiger partial charge in [0.1, 0.15) is 0 Å². The van der Waals surface area contributed by atoms with E-state index in [0.29, 0.717) is 18.6 Å². The molecule has 0 aromatic rings. The van der Waals surface area contributed by atoms with Gasteiger partial charge in [0, 0.05) is 25.3 Å². The van der Waals surface area contributed by atoms with E-state index < -0.39 is 0 Å². The first-order valence-electron chi connectivity index (χ1n) is 8.38. The van der Waals surface area contributed by atoms with Gasteiger partial charge in [0.05, 0.1) is 6.54 Å². The normalized spacial score (nSPS) is 28.2. The molecule has 0 aromatic heterocycles. The molecular formula is C16H30N2O2. The van der Waals surface area contributed by atoms with E-state index in [-0.39, 0.29) is 5.91 Å².